The molecule has 3 N–H and O–H groups in total. The monoisotopic (exact) mass is 552 g/mol. The molecule has 172 valence electrons. The smallest absolute Gasteiger partial charge is 0.326 e. The minimum Gasteiger partial charge on any atom is -0.350 e. The van der Waals surface area contributed by atoms with E-state index in [1.807, 2.05) is 13.8 Å². The van der Waals surface area contributed by atoms with Crippen molar-refractivity contribution >= 4 is 62.7 Å². The molecule has 0 bridgehead atoms. The molecular formula is C21H19BrCl2N6O3. The van der Waals surface area contributed by atoms with Crippen LogP contribution in [0.2, 0.25) is 10.0 Å². The Bertz CT molecular complexity index is 1240. The molecule has 0 aliphatic rings. The summed E-state index contributed by atoms with van der Waals surface area (Å²) in [6.45, 7) is 5.30. The van der Waals surface area contributed by atoms with Crippen molar-refractivity contribution in [2.24, 2.45) is 0 Å². The van der Waals surface area contributed by atoms with Crippen LogP contribution in [0.25, 0.3) is 5.82 Å². The first-order chi connectivity index (χ1) is 15.6. The first-order valence-corrected chi connectivity index (χ1v) is 11.2. The molecule has 0 radical (unpaired) electrons. The number of urea groups is 1. The van der Waals surface area contributed by atoms with E-state index in [1.54, 1.807) is 25.1 Å². The molecular weight excluding hydrogens is 535 g/mol. The van der Waals surface area contributed by atoms with E-state index in [0.29, 0.717) is 15.2 Å². The standard InChI is InChI=1S/C21H19BrCl2N6O3/c1-10(2)26-19(31)13-8-12(23)7-11(3)17(13)27-21(33)28-20(32)15-9-16(22)29-30(15)18-14(24)5-4-6-25-18/h4-10H,1-3H3,(H,26,31)(H2,27,28,32,33). The molecule has 0 spiro atoms. The van der Waals surface area contributed by atoms with E-state index in [-0.39, 0.29) is 33.8 Å². The second-order valence-electron chi connectivity index (χ2n) is 7.25. The van der Waals surface area contributed by atoms with Gasteiger partial charge < -0.3 is 10.6 Å². The quantitative estimate of drug-likeness (QED) is 0.421. The largest absolute Gasteiger partial charge is 0.350 e. The molecule has 12 heteroatoms. The number of carbonyl (C=O) groups is 3. The fourth-order valence-corrected chi connectivity index (χ4v) is 3.80. The van der Waals surface area contributed by atoms with Gasteiger partial charge in [-0.2, -0.15) is 5.10 Å². The van der Waals surface area contributed by atoms with E-state index in [1.165, 1.54) is 23.0 Å². The predicted molar refractivity (Wildman–Crippen MR) is 129 cm³/mol. The Morgan fingerprint density at radius 1 is 1.12 bits per heavy atom. The lowest BCUT2D eigenvalue weighted by atomic mass is 10.1. The molecule has 0 saturated heterocycles. The number of halogens is 3. The topological polar surface area (TPSA) is 118 Å². The van der Waals surface area contributed by atoms with Gasteiger partial charge in [0.1, 0.15) is 10.3 Å². The second kappa shape index (κ2) is 10.3. The zero-order valence-electron chi connectivity index (χ0n) is 17.7. The lowest BCUT2D eigenvalue weighted by Crippen LogP contribution is -2.37. The van der Waals surface area contributed by atoms with Crippen molar-refractivity contribution < 1.29 is 14.4 Å². The minimum absolute atomic E-state index is 0.0169. The summed E-state index contributed by atoms with van der Waals surface area (Å²) in [6, 6.07) is 6.72. The molecule has 3 rings (SSSR count). The summed E-state index contributed by atoms with van der Waals surface area (Å²) in [6.07, 6.45) is 1.50. The average molecular weight is 554 g/mol. The van der Waals surface area contributed by atoms with Crippen LogP contribution in [0.5, 0.6) is 0 Å². The summed E-state index contributed by atoms with van der Waals surface area (Å²) in [5.74, 6) is -0.951. The minimum atomic E-state index is -0.847. The molecule has 0 saturated carbocycles. The number of hydrogen-bond donors (Lipinski definition) is 3. The van der Waals surface area contributed by atoms with Gasteiger partial charge in [0.2, 0.25) is 0 Å². The molecule has 0 unspecified atom stereocenters. The molecule has 1 aromatic carbocycles. The van der Waals surface area contributed by atoms with Gasteiger partial charge in [-0.15, -0.1) is 0 Å². The Balaban J connectivity index is 1.85. The van der Waals surface area contributed by atoms with Crippen LogP contribution < -0.4 is 16.0 Å². The Morgan fingerprint density at radius 3 is 2.52 bits per heavy atom. The van der Waals surface area contributed by atoms with Crippen LogP contribution in [0.15, 0.2) is 41.1 Å². The number of aryl methyl sites for hydroxylation is 1. The maximum absolute atomic E-state index is 12.8. The number of nitrogens with one attached hydrogen (secondary N) is 3. The predicted octanol–water partition coefficient (Wildman–Crippen LogP) is 4.75. The van der Waals surface area contributed by atoms with E-state index in [4.69, 9.17) is 23.2 Å². The fraction of sp³-hybridized carbons (Fsp3) is 0.190. The van der Waals surface area contributed by atoms with Gasteiger partial charge in [-0.1, -0.05) is 23.2 Å². The van der Waals surface area contributed by atoms with E-state index < -0.39 is 17.8 Å². The molecule has 0 aliphatic carbocycles. The van der Waals surface area contributed by atoms with Crippen molar-refractivity contribution in [1.82, 2.24) is 25.4 Å². The number of amides is 4. The number of rotatable bonds is 5. The second-order valence-corrected chi connectivity index (χ2v) is 8.91. The van der Waals surface area contributed by atoms with Gasteiger partial charge in [0.05, 0.1) is 16.3 Å². The summed E-state index contributed by atoms with van der Waals surface area (Å²) in [5, 5.41) is 12.3. The molecule has 0 aliphatic heterocycles. The van der Waals surface area contributed by atoms with Gasteiger partial charge in [-0.25, -0.2) is 14.5 Å². The highest BCUT2D eigenvalue weighted by atomic mass is 79.9. The third-order valence-electron chi connectivity index (χ3n) is 4.28. The van der Waals surface area contributed by atoms with Crippen molar-refractivity contribution in [3.05, 3.63) is 68.0 Å². The zero-order chi connectivity index (χ0) is 24.3. The van der Waals surface area contributed by atoms with Crippen molar-refractivity contribution in [3.8, 4) is 5.82 Å². The summed E-state index contributed by atoms with van der Waals surface area (Å²) < 4.78 is 1.56. The van der Waals surface area contributed by atoms with Gasteiger partial charge in [0, 0.05) is 23.3 Å². The van der Waals surface area contributed by atoms with Crippen molar-refractivity contribution in [3.63, 3.8) is 0 Å². The van der Waals surface area contributed by atoms with E-state index >= 15 is 0 Å². The highest BCUT2D eigenvalue weighted by Crippen LogP contribution is 2.26. The van der Waals surface area contributed by atoms with Crippen LogP contribution in [0.3, 0.4) is 0 Å². The Morgan fingerprint density at radius 2 is 1.85 bits per heavy atom. The highest BCUT2D eigenvalue weighted by molar-refractivity contribution is 9.10. The molecule has 33 heavy (non-hydrogen) atoms. The van der Waals surface area contributed by atoms with E-state index in [2.05, 4.69) is 42.0 Å². The number of carbonyl (C=O) groups excluding carboxylic acids is 3. The number of nitrogens with zero attached hydrogens (tertiary/aromatic N) is 3. The van der Waals surface area contributed by atoms with Crippen LogP contribution in [0, 0.1) is 6.92 Å². The van der Waals surface area contributed by atoms with Crippen molar-refractivity contribution in [1.29, 1.82) is 0 Å². The fourth-order valence-electron chi connectivity index (χ4n) is 2.95. The SMILES string of the molecule is Cc1cc(Cl)cc(C(=O)NC(C)C)c1NC(=O)NC(=O)c1cc(Br)nn1-c1ncccc1Cl. The Labute approximate surface area is 208 Å². The molecule has 9 nitrogen and oxygen atoms in total. The summed E-state index contributed by atoms with van der Waals surface area (Å²) in [5.41, 5.74) is 0.963. The molecule has 2 heterocycles. The summed E-state index contributed by atoms with van der Waals surface area (Å²) >= 11 is 15.5. The lowest BCUT2D eigenvalue weighted by molar-refractivity contribution is 0.0941. The van der Waals surface area contributed by atoms with Gasteiger partial charge in [-0.05, 0) is 66.5 Å². The van der Waals surface area contributed by atoms with Crippen LogP contribution in [0.4, 0.5) is 10.5 Å². The van der Waals surface area contributed by atoms with Crippen molar-refractivity contribution in [2.75, 3.05) is 5.32 Å². The number of anilines is 1. The molecule has 3 aromatic rings. The van der Waals surface area contributed by atoms with Crippen LogP contribution >= 0.6 is 39.1 Å². The number of hydrogen-bond acceptors (Lipinski definition) is 5. The van der Waals surface area contributed by atoms with E-state index in [9.17, 15) is 14.4 Å². The highest BCUT2D eigenvalue weighted by Gasteiger charge is 2.22. The summed E-state index contributed by atoms with van der Waals surface area (Å²) in [7, 11) is 0. The van der Waals surface area contributed by atoms with Gasteiger partial charge in [-0.3, -0.25) is 14.9 Å². The van der Waals surface area contributed by atoms with E-state index in [0.717, 1.165) is 0 Å². The van der Waals surface area contributed by atoms with Gasteiger partial charge in [0.25, 0.3) is 11.8 Å². The van der Waals surface area contributed by atoms with Gasteiger partial charge >= 0.3 is 6.03 Å². The number of imide groups is 1. The molecule has 2 aromatic heterocycles. The first-order valence-electron chi connectivity index (χ1n) is 9.66. The molecule has 0 atom stereocenters. The molecule has 0 fully saturated rings. The molecule has 4 amide bonds. The number of pyridine rings is 1. The van der Waals surface area contributed by atoms with Gasteiger partial charge in [0.15, 0.2) is 5.82 Å². The Kier molecular flexibility index (Phi) is 7.72. The first kappa shape index (κ1) is 24.7. The maximum Gasteiger partial charge on any atom is 0.326 e. The van der Waals surface area contributed by atoms with Crippen LogP contribution in [0.1, 0.15) is 40.3 Å². The normalized spacial score (nSPS) is 10.8. The third kappa shape index (κ3) is 5.89. The lowest BCUT2D eigenvalue weighted by Gasteiger charge is -2.16. The third-order valence-corrected chi connectivity index (χ3v) is 5.18. The maximum atomic E-state index is 12.8. The van der Waals surface area contributed by atoms with Crippen molar-refractivity contribution in [2.45, 2.75) is 26.8 Å². The van der Waals surface area contributed by atoms with Crippen LogP contribution in [-0.4, -0.2) is 38.7 Å². The average Bonchev–Trinajstić information content (AvgIpc) is 3.11. The van der Waals surface area contributed by atoms with Crippen LogP contribution in [-0.2, 0) is 0 Å². The number of aromatic nitrogens is 3. The Hall–Kier alpha value is -2.95. The zero-order valence-corrected chi connectivity index (χ0v) is 20.8. The number of benzene rings is 1. The summed E-state index contributed by atoms with van der Waals surface area (Å²) in [4.78, 5) is 42.2.